The molecule has 0 unspecified atom stereocenters. The smallest absolute Gasteiger partial charge is 0.317 e. The lowest BCUT2D eigenvalue weighted by molar-refractivity contribution is -0.138. The number of fused-ring (bicyclic) bond motifs is 1. The summed E-state index contributed by atoms with van der Waals surface area (Å²) in [5, 5.41) is 33.3. The lowest BCUT2D eigenvalue weighted by Crippen LogP contribution is -2.43. The molecule has 2 aliphatic rings. The maximum atomic E-state index is 11.0. The van der Waals surface area contributed by atoms with Crippen molar-refractivity contribution in [3.05, 3.63) is 29.8 Å². The third-order valence-corrected chi connectivity index (χ3v) is 8.03. The summed E-state index contributed by atoms with van der Waals surface area (Å²) in [5.74, 6) is 0.522. The van der Waals surface area contributed by atoms with Gasteiger partial charge < -0.3 is 20.8 Å². The molecule has 10 heteroatoms. The minimum absolute atomic E-state index is 0.147. The standard InChI is InChI=1S/C28H39N7O3/c1-28(2,3)25-20(5-4-6-23(25)36)21-15-22-26(31-30-21)27(29)32-35(22)19-9-13-33(14-10-19)16-18-7-11-34(12-8-18)17-24(37)38/h4-6,15,18-19,36H,7-14,16-17H2,1-3H3,(H2,29,32)(H,37,38). The minimum atomic E-state index is -0.744. The zero-order valence-electron chi connectivity index (χ0n) is 22.6. The fraction of sp³-hybridized carbons (Fsp3) is 0.571. The van der Waals surface area contributed by atoms with Crippen LogP contribution in [0.15, 0.2) is 24.3 Å². The Kier molecular flexibility index (Phi) is 7.28. The van der Waals surface area contributed by atoms with Gasteiger partial charge in [0.1, 0.15) is 5.75 Å². The number of nitrogens with two attached hydrogens (primary N) is 1. The zero-order chi connectivity index (χ0) is 27.0. The molecule has 3 aromatic rings. The normalized spacial score (nSPS) is 18.8. The number of hydrogen-bond donors (Lipinski definition) is 3. The van der Waals surface area contributed by atoms with Crippen molar-refractivity contribution in [2.75, 3.05) is 45.0 Å². The van der Waals surface area contributed by atoms with Gasteiger partial charge in [0.2, 0.25) is 0 Å². The molecule has 0 spiro atoms. The van der Waals surface area contributed by atoms with Crippen LogP contribution in [0.1, 0.15) is 58.1 Å². The number of nitrogen functional groups attached to an aromatic ring is 1. The van der Waals surface area contributed by atoms with Crippen molar-refractivity contribution in [3.8, 4) is 17.0 Å². The molecule has 0 aliphatic carbocycles. The van der Waals surface area contributed by atoms with Crippen LogP contribution in [-0.4, -0.2) is 85.2 Å². The second-order valence-electron chi connectivity index (χ2n) is 11.9. The molecular formula is C28H39N7O3. The first kappa shape index (κ1) is 26.4. The molecule has 2 aromatic heterocycles. The number of hydrogen-bond acceptors (Lipinski definition) is 8. The molecule has 2 saturated heterocycles. The van der Waals surface area contributed by atoms with Crippen molar-refractivity contribution in [2.45, 2.75) is 57.9 Å². The highest BCUT2D eigenvalue weighted by molar-refractivity contribution is 5.87. The van der Waals surface area contributed by atoms with E-state index in [2.05, 4.69) is 41.0 Å². The number of phenolic OH excluding ortho intramolecular Hbond substituents is 1. The first-order valence-corrected chi connectivity index (χ1v) is 13.6. The summed E-state index contributed by atoms with van der Waals surface area (Å²) in [7, 11) is 0. The maximum Gasteiger partial charge on any atom is 0.317 e. The topological polar surface area (TPSA) is 134 Å². The van der Waals surface area contributed by atoms with Gasteiger partial charge >= 0.3 is 5.97 Å². The average Bonchev–Trinajstić information content (AvgIpc) is 3.20. The molecule has 10 nitrogen and oxygen atoms in total. The van der Waals surface area contributed by atoms with Gasteiger partial charge in [-0.2, -0.15) is 5.10 Å². The van der Waals surface area contributed by atoms with E-state index >= 15 is 0 Å². The van der Waals surface area contributed by atoms with E-state index in [0.29, 0.717) is 22.9 Å². The van der Waals surface area contributed by atoms with Crippen LogP contribution in [0.5, 0.6) is 5.75 Å². The third-order valence-electron chi connectivity index (χ3n) is 8.03. The second kappa shape index (κ2) is 10.5. The molecule has 0 saturated carbocycles. The first-order valence-electron chi connectivity index (χ1n) is 13.6. The molecule has 0 radical (unpaired) electrons. The molecule has 2 fully saturated rings. The van der Waals surface area contributed by atoms with Crippen LogP contribution < -0.4 is 5.73 Å². The number of carboxylic acids is 1. The fourth-order valence-corrected chi connectivity index (χ4v) is 6.14. The Morgan fingerprint density at radius 1 is 1.05 bits per heavy atom. The Bertz CT molecular complexity index is 1300. The summed E-state index contributed by atoms with van der Waals surface area (Å²) < 4.78 is 2.03. The quantitative estimate of drug-likeness (QED) is 0.445. The first-order chi connectivity index (χ1) is 18.1. The van der Waals surface area contributed by atoms with E-state index < -0.39 is 5.97 Å². The van der Waals surface area contributed by atoms with Crippen LogP contribution in [0.3, 0.4) is 0 Å². The zero-order valence-corrected chi connectivity index (χ0v) is 22.6. The number of benzene rings is 1. The molecule has 0 amide bonds. The second-order valence-corrected chi connectivity index (χ2v) is 11.9. The van der Waals surface area contributed by atoms with Gasteiger partial charge in [0, 0.05) is 30.8 Å². The lowest BCUT2D eigenvalue weighted by atomic mass is 9.82. The molecule has 4 N–H and O–H groups in total. The maximum absolute atomic E-state index is 11.0. The van der Waals surface area contributed by atoms with Crippen molar-refractivity contribution < 1.29 is 15.0 Å². The number of rotatable bonds is 6. The number of phenols is 1. The summed E-state index contributed by atoms with van der Waals surface area (Å²) in [6, 6.07) is 7.76. The summed E-state index contributed by atoms with van der Waals surface area (Å²) in [4.78, 5) is 15.6. The molecular weight excluding hydrogens is 482 g/mol. The number of nitrogens with zero attached hydrogens (tertiary/aromatic N) is 6. The van der Waals surface area contributed by atoms with Crippen molar-refractivity contribution in [1.82, 2.24) is 29.8 Å². The monoisotopic (exact) mass is 521 g/mol. The van der Waals surface area contributed by atoms with Crippen LogP contribution in [0.25, 0.3) is 22.3 Å². The molecule has 1 aromatic carbocycles. The van der Waals surface area contributed by atoms with E-state index in [1.54, 1.807) is 6.07 Å². The van der Waals surface area contributed by atoms with Gasteiger partial charge in [-0.15, -0.1) is 10.2 Å². The number of aliphatic carboxylic acids is 1. The highest BCUT2D eigenvalue weighted by atomic mass is 16.4. The van der Waals surface area contributed by atoms with E-state index in [4.69, 9.17) is 10.8 Å². The van der Waals surface area contributed by atoms with Gasteiger partial charge in [0.15, 0.2) is 11.3 Å². The minimum Gasteiger partial charge on any atom is -0.508 e. The molecule has 4 heterocycles. The predicted octanol–water partition coefficient (Wildman–Crippen LogP) is 3.51. The largest absolute Gasteiger partial charge is 0.508 e. The number of carbonyl (C=O) groups is 1. The molecule has 0 bridgehead atoms. The number of carboxylic acid groups (broad SMARTS) is 1. The number of piperidine rings is 2. The van der Waals surface area contributed by atoms with E-state index in [-0.39, 0.29) is 23.8 Å². The summed E-state index contributed by atoms with van der Waals surface area (Å²) in [6.45, 7) is 11.2. The van der Waals surface area contributed by atoms with Crippen LogP contribution in [0.4, 0.5) is 5.82 Å². The number of aromatic nitrogens is 4. The molecule has 0 atom stereocenters. The van der Waals surface area contributed by atoms with E-state index in [1.165, 1.54) is 0 Å². The van der Waals surface area contributed by atoms with Crippen molar-refractivity contribution >= 4 is 22.8 Å². The molecule has 38 heavy (non-hydrogen) atoms. The van der Waals surface area contributed by atoms with Crippen LogP contribution in [0.2, 0.25) is 0 Å². The summed E-state index contributed by atoms with van der Waals surface area (Å²) >= 11 is 0. The van der Waals surface area contributed by atoms with Gasteiger partial charge in [-0.05, 0) is 62.2 Å². The van der Waals surface area contributed by atoms with E-state index in [0.717, 1.165) is 75.1 Å². The van der Waals surface area contributed by atoms with Crippen molar-refractivity contribution in [2.24, 2.45) is 5.92 Å². The van der Waals surface area contributed by atoms with Gasteiger partial charge in [-0.1, -0.05) is 32.9 Å². The Morgan fingerprint density at radius 2 is 1.74 bits per heavy atom. The Morgan fingerprint density at radius 3 is 2.39 bits per heavy atom. The fourth-order valence-electron chi connectivity index (χ4n) is 6.14. The highest BCUT2D eigenvalue weighted by Crippen LogP contribution is 2.39. The Hall–Kier alpha value is -3.24. The van der Waals surface area contributed by atoms with Crippen molar-refractivity contribution in [1.29, 1.82) is 0 Å². The van der Waals surface area contributed by atoms with Gasteiger partial charge in [-0.25, -0.2) is 0 Å². The molecule has 5 rings (SSSR count). The molecule has 2 aliphatic heterocycles. The number of likely N-dealkylation sites (tertiary alicyclic amines) is 2. The van der Waals surface area contributed by atoms with E-state index in [9.17, 15) is 9.90 Å². The highest BCUT2D eigenvalue weighted by Gasteiger charge is 2.29. The van der Waals surface area contributed by atoms with E-state index in [1.807, 2.05) is 27.8 Å². The number of anilines is 1. The van der Waals surface area contributed by atoms with Crippen LogP contribution >= 0.6 is 0 Å². The number of aromatic hydroxyl groups is 1. The van der Waals surface area contributed by atoms with Gasteiger partial charge in [0.25, 0.3) is 0 Å². The summed E-state index contributed by atoms with van der Waals surface area (Å²) in [6.07, 6.45) is 4.07. The van der Waals surface area contributed by atoms with Gasteiger partial charge in [0.05, 0.1) is 23.8 Å². The Labute approximate surface area is 223 Å². The van der Waals surface area contributed by atoms with Crippen LogP contribution in [0, 0.1) is 5.92 Å². The van der Waals surface area contributed by atoms with Crippen molar-refractivity contribution in [3.63, 3.8) is 0 Å². The SMILES string of the molecule is CC(C)(C)c1c(O)cccc1-c1cc2c(nn1)c(N)nn2C1CCN(CC2CCN(CC(=O)O)CC2)CC1. The third kappa shape index (κ3) is 5.47. The lowest BCUT2D eigenvalue weighted by Gasteiger charge is -2.37. The van der Waals surface area contributed by atoms with Gasteiger partial charge in [-0.3, -0.25) is 14.4 Å². The Balaban J connectivity index is 1.30. The van der Waals surface area contributed by atoms with Crippen LogP contribution in [-0.2, 0) is 10.2 Å². The predicted molar refractivity (Wildman–Crippen MR) is 147 cm³/mol. The average molecular weight is 522 g/mol. The molecule has 204 valence electrons. The summed E-state index contributed by atoms with van der Waals surface area (Å²) in [5.41, 5.74) is 9.89.